The third-order valence-corrected chi connectivity index (χ3v) is 3.03. The van der Waals surface area contributed by atoms with Gasteiger partial charge < -0.3 is 17.3 Å². The van der Waals surface area contributed by atoms with Crippen LogP contribution in [0.4, 0.5) is 0 Å². The van der Waals surface area contributed by atoms with E-state index in [-0.39, 0.29) is 24.4 Å². The summed E-state index contributed by atoms with van der Waals surface area (Å²) in [7, 11) is 1.68. The predicted octanol–water partition coefficient (Wildman–Crippen LogP) is 0.534. The molecule has 2 rings (SSSR count). The maximum absolute atomic E-state index is 5.50. The summed E-state index contributed by atoms with van der Waals surface area (Å²) < 4.78 is 21.4. The molecule has 2 aliphatic rings. The Morgan fingerprint density at radius 2 is 1.75 bits per heavy atom. The molecule has 0 aromatic rings. The number of halogens is 1. The highest BCUT2D eigenvalue weighted by atomic mass is 127. The Labute approximate surface area is 85.2 Å². The smallest absolute Gasteiger partial charge is 0.122 e. The maximum Gasteiger partial charge on any atom is 0.122 e. The van der Waals surface area contributed by atoms with Crippen molar-refractivity contribution in [2.24, 2.45) is 0 Å². The molecule has 2 heterocycles. The fourth-order valence-corrected chi connectivity index (χ4v) is 2.14. The van der Waals surface area contributed by atoms with Crippen molar-refractivity contribution in [3.05, 3.63) is 0 Å². The minimum Gasteiger partial charge on any atom is -0.376 e. The van der Waals surface area contributed by atoms with Crippen molar-refractivity contribution in [3.8, 4) is 0 Å². The van der Waals surface area contributed by atoms with Crippen LogP contribution >= 0.6 is 23.0 Å². The average Bonchev–Trinajstić information content (AvgIpc) is 2.62. The maximum atomic E-state index is 5.50. The van der Waals surface area contributed by atoms with Gasteiger partial charge in [0, 0.05) is 7.11 Å². The van der Waals surface area contributed by atoms with Crippen molar-refractivity contribution in [3.63, 3.8) is 0 Å². The minimum absolute atomic E-state index is 0.0619. The molecule has 4 nitrogen and oxygen atoms in total. The lowest BCUT2D eigenvalue weighted by molar-refractivity contribution is -0.0113. The lowest BCUT2D eigenvalue weighted by Crippen LogP contribution is -2.32. The van der Waals surface area contributed by atoms with Crippen LogP contribution in [0.3, 0.4) is 0 Å². The molecule has 0 unspecified atom stereocenters. The second kappa shape index (κ2) is 3.75. The van der Waals surface area contributed by atoms with Gasteiger partial charge in [-0.15, -0.1) is 0 Å². The molecular formula is C7H11IO4. The van der Waals surface area contributed by atoms with Crippen LogP contribution in [0.25, 0.3) is 0 Å². The van der Waals surface area contributed by atoms with Crippen LogP contribution in [0.1, 0.15) is 0 Å². The summed E-state index contributed by atoms with van der Waals surface area (Å²) >= 11 is 1.88. The van der Waals surface area contributed by atoms with Crippen LogP contribution in [-0.2, 0) is 17.3 Å². The molecule has 0 aromatic carbocycles. The van der Waals surface area contributed by atoms with E-state index in [1.165, 1.54) is 0 Å². The Kier molecular flexibility index (Phi) is 2.85. The van der Waals surface area contributed by atoms with E-state index in [0.29, 0.717) is 13.2 Å². The zero-order valence-corrected chi connectivity index (χ0v) is 8.89. The van der Waals surface area contributed by atoms with E-state index in [4.69, 9.17) is 17.3 Å². The summed E-state index contributed by atoms with van der Waals surface area (Å²) in [4.78, 5) is 0. The topological polar surface area (TPSA) is 36.9 Å². The molecule has 2 saturated heterocycles. The molecule has 2 aliphatic heterocycles. The molecule has 0 amide bonds. The van der Waals surface area contributed by atoms with Crippen LogP contribution in [0, 0.1) is 0 Å². The summed E-state index contributed by atoms with van der Waals surface area (Å²) in [5.74, 6) is 0. The summed E-state index contributed by atoms with van der Waals surface area (Å²) in [6.45, 7) is 1.22. The van der Waals surface area contributed by atoms with Crippen molar-refractivity contribution in [1.29, 1.82) is 0 Å². The summed E-state index contributed by atoms with van der Waals surface area (Å²) in [6, 6.07) is 0. The van der Waals surface area contributed by atoms with Crippen molar-refractivity contribution >= 4 is 23.0 Å². The van der Waals surface area contributed by atoms with E-state index in [2.05, 4.69) is 0 Å². The highest BCUT2D eigenvalue weighted by Gasteiger charge is 2.48. The van der Waals surface area contributed by atoms with E-state index in [1.807, 2.05) is 23.0 Å². The molecule has 0 N–H and O–H groups in total. The molecule has 12 heavy (non-hydrogen) atoms. The number of methoxy groups -OCH3 is 1. The number of rotatable bonds is 2. The van der Waals surface area contributed by atoms with Gasteiger partial charge in [0.2, 0.25) is 0 Å². The standard InChI is InChI=1S/C7H11IO4/c1-9-4-2-10-7-5(12-8)3-11-6(4)7/h4-7H,2-3H2,1H3/t4-,5-,6-,7-/m1/s1. The number of hydrogen-bond donors (Lipinski definition) is 0. The van der Waals surface area contributed by atoms with Crippen molar-refractivity contribution in [2.75, 3.05) is 20.3 Å². The van der Waals surface area contributed by atoms with E-state index >= 15 is 0 Å². The van der Waals surface area contributed by atoms with Gasteiger partial charge in [-0.1, -0.05) is 0 Å². The summed E-state index contributed by atoms with van der Waals surface area (Å²) in [5.41, 5.74) is 0. The van der Waals surface area contributed by atoms with E-state index in [9.17, 15) is 0 Å². The second-order valence-corrected chi connectivity index (χ2v) is 3.51. The first-order valence-electron chi connectivity index (χ1n) is 3.90. The average molecular weight is 286 g/mol. The van der Waals surface area contributed by atoms with Gasteiger partial charge in [0.15, 0.2) is 0 Å². The largest absolute Gasteiger partial charge is 0.376 e. The molecule has 0 saturated carbocycles. The first-order chi connectivity index (χ1) is 5.86. The first kappa shape index (κ1) is 9.14. The normalized spacial score (nSPS) is 46.5. The number of hydrogen-bond acceptors (Lipinski definition) is 4. The Morgan fingerprint density at radius 1 is 1.17 bits per heavy atom. The third-order valence-electron chi connectivity index (χ3n) is 2.38. The monoisotopic (exact) mass is 286 g/mol. The predicted molar refractivity (Wildman–Crippen MR) is 49.2 cm³/mol. The van der Waals surface area contributed by atoms with Crippen molar-refractivity contribution in [2.45, 2.75) is 24.4 Å². The Balaban J connectivity index is 2.01. The van der Waals surface area contributed by atoms with Crippen molar-refractivity contribution in [1.82, 2.24) is 0 Å². The zero-order chi connectivity index (χ0) is 8.55. The Hall–Kier alpha value is 0.570. The van der Waals surface area contributed by atoms with Gasteiger partial charge in [0.1, 0.15) is 47.4 Å². The Morgan fingerprint density at radius 3 is 2.33 bits per heavy atom. The third kappa shape index (κ3) is 1.37. The molecule has 5 heteroatoms. The van der Waals surface area contributed by atoms with Crippen LogP contribution < -0.4 is 0 Å². The highest BCUT2D eigenvalue weighted by molar-refractivity contribution is 14.1. The van der Waals surface area contributed by atoms with Crippen LogP contribution in [0.15, 0.2) is 0 Å². The molecule has 0 aliphatic carbocycles. The van der Waals surface area contributed by atoms with E-state index in [1.54, 1.807) is 7.11 Å². The van der Waals surface area contributed by atoms with Gasteiger partial charge in [-0.25, -0.2) is 0 Å². The molecule has 2 fully saturated rings. The van der Waals surface area contributed by atoms with Crippen molar-refractivity contribution < 1.29 is 17.3 Å². The SMILES string of the molecule is CO[C@@H]1CO[C@H]2[C@@H]1OC[C@H]2OI. The zero-order valence-electron chi connectivity index (χ0n) is 6.73. The molecule has 0 spiro atoms. The van der Waals surface area contributed by atoms with Gasteiger partial charge in [0.05, 0.1) is 13.2 Å². The number of ether oxygens (including phenoxy) is 3. The van der Waals surface area contributed by atoms with E-state index < -0.39 is 0 Å². The van der Waals surface area contributed by atoms with Crippen LogP contribution in [0.5, 0.6) is 0 Å². The second-order valence-electron chi connectivity index (χ2n) is 3.00. The summed E-state index contributed by atoms with van der Waals surface area (Å²) in [5, 5.41) is 0. The Bertz CT molecular complexity index is 147. The van der Waals surface area contributed by atoms with Crippen LogP contribution in [0.2, 0.25) is 0 Å². The van der Waals surface area contributed by atoms with Gasteiger partial charge in [0.25, 0.3) is 0 Å². The molecule has 0 radical (unpaired) electrons. The minimum atomic E-state index is 0.0619. The molecule has 4 atom stereocenters. The van der Waals surface area contributed by atoms with Gasteiger partial charge >= 0.3 is 0 Å². The molecule has 0 bridgehead atoms. The van der Waals surface area contributed by atoms with Crippen LogP contribution in [-0.4, -0.2) is 44.7 Å². The molecular weight excluding hydrogens is 275 g/mol. The quantitative estimate of drug-likeness (QED) is 0.694. The fraction of sp³-hybridized carbons (Fsp3) is 1.00. The molecule has 0 aromatic heterocycles. The first-order valence-corrected chi connectivity index (χ1v) is 4.78. The van der Waals surface area contributed by atoms with Gasteiger partial charge in [-0.2, -0.15) is 0 Å². The van der Waals surface area contributed by atoms with E-state index in [0.717, 1.165) is 0 Å². The lowest BCUT2D eigenvalue weighted by Gasteiger charge is -2.13. The lowest BCUT2D eigenvalue weighted by atomic mass is 10.1. The fourth-order valence-electron chi connectivity index (χ4n) is 1.71. The number of fused-ring (bicyclic) bond motifs is 1. The highest BCUT2D eigenvalue weighted by Crippen LogP contribution is 2.30. The van der Waals surface area contributed by atoms with Gasteiger partial charge in [-0.05, 0) is 0 Å². The molecule has 70 valence electrons. The summed E-state index contributed by atoms with van der Waals surface area (Å²) in [6.07, 6.45) is 0.268. The van der Waals surface area contributed by atoms with Gasteiger partial charge in [-0.3, -0.25) is 0 Å².